The van der Waals surface area contributed by atoms with E-state index in [2.05, 4.69) is 47.4 Å². The highest BCUT2D eigenvalue weighted by molar-refractivity contribution is 7.18. The Morgan fingerprint density at radius 2 is 2.05 bits per heavy atom. The number of aryl methyl sites for hydroxylation is 1. The molecule has 2 heterocycles. The molecule has 21 heavy (non-hydrogen) atoms. The number of nitrogens with zero attached hydrogens (tertiary/aromatic N) is 2. The summed E-state index contributed by atoms with van der Waals surface area (Å²) in [5.41, 5.74) is 0.0233. The van der Waals surface area contributed by atoms with E-state index in [0.29, 0.717) is 5.95 Å². The smallest absolute Gasteiger partial charge is 0.226 e. The Labute approximate surface area is 129 Å². The zero-order valence-electron chi connectivity index (χ0n) is 13.2. The van der Waals surface area contributed by atoms with Crippen LogP contribution in [0.15, 0.2) is 6.07 Å². The van der Waals surface area contributed by atoms with E-state index in [0.717, 1.165) is 35.5 Å². The Balaban J connectivity index is 2.28. The molecule has 0 atom stereocenters. The van der Waals surface area contributed by atoms with E-state index in [4.69, 9.17) is 5.11 Å². The molecule has 2 rings (SSSR count). The molecule has 0 aliphatic heterocycles. The Morgan fingerprint density at radius 1 is 1.29 bits per heavy atom. The van der Waals surface area contributed by atoms with E-state index in [1.54, 1.807) is 11.3 Å². The molecular formula is C15H24N4OS. The van der Waals surface area contributed by atoms with Gasteiger partial charge in [0.25, 0.3) is 0 Å². The molecule has 5 nitrogen and oxygen atoms in total. The predicted molar refractivity (Wildman–Crippen MR) is 90.3 cm³/mol. The van der Waals surface area contributed by atoms with Crippen LogP contribution in [-0.2, 0) is 0 Å². The summed E-state index contributed by atoms with van der Waals surface area (Å²) in [7, 11) is 0. The summed E-state index contributed by atoms with van der Waals surface area (Å²) in [5.74, 6) is 1.53. The molecular weight excluding hydrogens is 284 g/mol. The first-order valence-electron chi connectivity index (χ1n) is 7.32. The number of hydrogen-bond acceptors (Lipinski definition) is 6. The summed E-state index contributed by atoms with van der Waals surface area (Å²) in [6.07, 6.45) is 0.761. The minimum atomic E-state index is 0.0233. The van der Waals surface area contributed by atoms with E-state index < -0.39 is 0 Å². The lowest BCUT2D eigenvalue weighted by atomic mass is 9.90. The van der Waals surface area contributed by atoms with Gasteiger partial charge in [0.1, 0.15) is 10.6 Å². The Bertz CT molecular complexity index is 609. The van der Waals surface area contributed by atoms with Crippen molar-refractivity contribution < 1.29 is 5.11 Å². The number of aromatic nitrogens is 2. The van der Waals surface area contributed by atoms with Gasteiger partial charge in [-0.1, -0.05) is 13.8 Å². The van der Waals surface area contributed by atoms with E-state index in [1.807, 2.05) is 6.92 Å². The average Bonchev–Trinajstić information content (AvgIpc) is 2.77. The largest absolute Gasteiger partial charge is 0.396 e. The van der Waals surface area contributed by atoms with Crippen LogP contribution in [0.2, 0.25) is 0 Å². The number of fused-ring (bicyclic) bond motifs is 1. The van der Waals surface area contributed by atoms with Gasteiger partial charge in [-0.25, -0.2) is 4.98 Å². The quantitative estimate of drug-likeness (QED) is 0.732. The monoisotopic (exact) mass is 308 g/mol. The fourth-order valence-corrected chi connectivity index (χ4v) is 3.01. The first-order chi connectivity index (χ1) is 9.95. The highest BCUT2D eigenvalue weighted by Crippen LogP contribution is 2.30. The van der Waals surface area contributed by atoms with Gasteiger partial charge in [0, 0.05) is 24.6 Å². The van der Waals surface area contributed by atoms with Crippen molar-refractivity contribution in [3.8, 4) is 0 Å². The Kier molecular flexibility index (Phi) is 5.00. The summed E-state index contributed by atoms with van der Waals surface area (Å²) in [6.45, 7) is 10.2. The summed E-state index contributed by atoms with van der Waals surface area (Å²) < 4.78 is 0. The van der Waals surface area contributed by atoms with Crippen LogP contribution < -0.4 is 10.6 Å². The van der Waals surface area contributed by atoms with Gasteiger partial charge in [-0.2, -0.15) is 4.98 Å². The molecule has 0 aliphatic rings. The first-order valence-corrected chi connectivity index (χ1v) is 8.13. The highest BCUT2D eigenvalue weighted by Gasteiger charge is 2.18. The molecule has 3 N–H and O–H groups in total. The number of nitrogens with one attached hydrogen (secondary N) is 2. The summed E-state index contributed by atoms with van der Waals surface area (Å²) in [6, 6.07) is 2.12. The Morgan fingerprint density at radius 3 is 2.71 bits per heavy atom. The highest BCUT2D eigenvalue weighted by atomic mass is 32.1. The lowest BCUT2D eigenvalue weighted by molar-refractivity contribution is 0.220. The molecule has 116 valence electrons. The van der Waals surface area contributed by atoms with Crippen LogP contribution in [-0.4, -0.2) is 34.8 Å². The molecule has 0 aromatic carbocycles. The molecule has 0 saturated carbocycles. The fraction of sp³-hybridized carbons (Fsp3) is 0.600. The van der Waals surface area contributed by atoms with E-state index in [1.165, 1.54) is 4.88 Å². The second kappa shape index (κ2) is 6.58. The molecule has 0 unspecified atom stereocenters. The van der Waals surface area contributed by atoms with Crippen LogP contribution in [0, 0.1) is 12.3 Å². The fourth-order valence-electron chi connectivity index (χ4n) is 2.13. The van der Waals surface area contributed by atoms with Crippen LogP contribution in [0.3, 0.4) is 0 Å². The summed E-state index contributed by atoms with van der Waals surface area (Å²) >= 11 is 1.68. The molecule has 0 saturated heterocycles. The molecule has 0 spiro atoms. The third-order valence-electron chi connectivity index (χ3n) is 3.37. The maximum Gasteiger partial charge on any atom is 0.226 e. The first kappa shape index (κ1) is 16.0. The van der Waals surface area contributed by atoms with Gasteiger partial charge in [-0.15, -0.1) is 11.3 Å². The van der Waals surface area contributed by atoms with E-state index in [9.17, 15) is 0 Å². The average molecular weight is 308 g/mol. The number of aliphatic hydroxyl groups excluding tert-OH is 1. The van der Waals surface area contributed by atoms with Crippen LogP contribution in [0.5, 0.6) is 0 Å². The lowest BCUT2D eigenvalue weighted by Gasteiger charge is -2.24. The van der Waals surface area contributed by atoms with E-state index in [-0.39, 0.29) is 12.0 Å². The van der Waals surface area contributed by atoms with Crippen molar-refractivity contribution in [2.45, 2.75) is 34.1 Å². The molecule has 0 radical (unpaired) electrons. The van der Waals surface area contributed by atoms with Crippen molar-refractivity contribution >= 4 is 33.3 Å². The maximum absolute atomic E-state index is 9.13. The Hall–Kier alpha value is -1.40. The van der Waals surface area contributed by atoms with Gasteiger partial charge in [0.05, 0.1) is 5.39 Å². The lowest BCUT2D eigenvalue weighted by Crippen LogP contribution is -2.24. The molecule has 0 fully saturated rings. The maximum atomic E-state index is 9.13. The molecule has 0 aliphatic carbocycles. The molecule has 6 heteroatoms. The predicted octanol–water partition coefficient (Wildman–Crippen LogP) is 3.25. The second-order valence-corrected chi connectivity index (χ2v) is 7.23. The normalized spacial score (nSPS) is 11.9. The number of hydrogen-bond donors (Lipinski definition) is 3. The zero-order valence-corrected chi connectivity index (χ0v) is 14.0. The number of aliphatic hydroxyl groups is 1. The molecule has 0 amide bonds. The SMILES string of the molecule is CCNc1nc(NCC(C)(C)CCO)c2cc(C)sc2n1. The minimum absolute atomic E-state index is 0.0233. The van der Waals surface area contributed by atoms with Crippen molar-refractivity contribution in [3.63, 3.8) is 0 Å². The van der Waals surface area contributed by atoms with Crippen LogP contribution in [0.25, 0.3) is 10.2 Å². The van der Waals surface area contributed by atoms with Crippen LogP contribution in [0.1, 0.15) is 32.1 Å². The third kappa shape index (κ3) is 4.04. The van der Waals surface area contributed by atoms with Crippen molar-refractivity contribution in [1.82, 2.24) is 9.97 Å². The van der Waals surface area contributed by atoms with E-state index >= 15 is 0 Å². The third-order valence-corrected chi connectivity index (χ3v) is 4.32. The van der Waals surface area contributed by atoms with Gasteiger partial charge in [0.2, 0.25) is 5.95 Å². The zero-order chi connectivity index (χ0) is 15.5. The minimum Gasteiger partial charge on any atom is -0.396 e. The van der Waals surface area contributed by atoms with Crippen LogP contribution >= 0.6 is 11.3 Å². The second-order valence-electron chi connectivity index (χ2n) is 5.99. The molecule has 2 aromatic rings. The van der Waals surface area contributed by atoms with Gasteiger partial charge < -0.3 is 15.7 Å². The van der Waals surface area contributed by atoms with Gasteiger partial charge in [-0.3, -0.25) is 0 Å². The van der Waals surface area contributed by atoms with Crippen molar-refractivity contribution in [1.29, 1.82) is 0 Å². The van der Waals surface area contributed by atoms with Gasteiger partial charge >= 0.3 is 0 Å². The number of anilines is 2. The summed E-state index contributed by atoms with van der Waals surface area (Å²) in [4.78, 5) is 11.3. The molecule has 2 aromatic heterocycles. The van der Waals surface area contributed by atoms with Crippen molar-refractivity contribution in [3.05, 3.63) is 10.9 Å². The number of thiophene rings is 1. The summed E-state index contributed by atoms with van der Waals surface area (Å²) in [5, 5.41) is 16.8. The standard InChI is InChI=1S/C15H24N4OS/c1-5-16-14-18-12(17-9-15(3,4)6-7-20)11-8-10(2)21-13(11)19-14/h8,20H,5-7,9H2,1-4H3,(H2,16,17,18,19). The topological polar surface area (TPSA) is 70.1 Å². The van der Waals surface area contributed by atoms with Crippen molar-refractivity contribution in [2.24, 2.45) is 5.41 Å². The van der Waals surface area contributed by atoms with Crippen molar-refractivity contribution in [2.75, 3.05) is 30.3 Å². The van der Waals surface area contributed by atoms with Gasteiger partial charge in [0.15, 0.2) is 0 Å². The van der Waals surface area contributed by atoms with Crippen LogP contribution in [0.4, 0.5) is 11.8 Å². The van der Waals surface area contributed by atoms with Gasteiger partial charge in [-0.05, 0) is 31.7 Å². The number of rotatable bonds is 7. The molecule has 0 bridgehead atoms.